The van der Waals surface area contributed by atoms with E-state index in [1.807, 2.05) is 13.1 Å². The summed E-state index contributed by atoms with van der Waals surface area (Å²) >= 11 is 0. The van der Waals surface area contributed by atoms with Crippen molar-refractivity contribution in [3.05, 3.63) is 17.7 Å². The van der Waals surface area contributed by atoms with E-state index in [9.17, 15) is 4.57 Å². The number of rotatable bonds is 4. The molecule has 0 radical (unpaired) electrons. The van der Waals surface area contributed by atoms with Gasteiger partial charge in [0.25, 0.3) is 0 Å². The third kappa shape index (κ3) is 6.77. The molecule has 0 saturated heterocycles. The number of aromatic amines is 1. The summed E-state index contributed by atoms with van der Waals surface area (Å²) in [7, 11) is -3.17. The van der Waals surface area contributed by atoms with Crippen molar-refractivity contribution in [2.24, 2.45) is 0 Å². The van der Waals surface area contributed by atoms with Crippen molar-refractivity contribution in [3.63, 3.8) is 0 Å². The highest BCUT2D eigenvalue weighted by atomic mass is 31.2. The van der Waals surface area contributed by atoms with Gasteiger partial charge in [0.2, 0.25) is 0 Å². The fourth-order valence-electron chi connectivity index (χ4n) is 0.944. The van der Waals surface area contributed by atoms with E-state index in [2.05, 4.69) is 21.4 Å². The lowest BCUT2D eigenvalue weighted by Crippen LogP contribution is -1.89. The molecular formula is C10H21N2O3P. The molecule has 0 bridgehead atoms. The molecule has 1 aromatic rings. The van der Waals surface area contributed by atoms with E-state index in [-0.39, 0.29) is 6.16 Å². The molecule has 0 amide bonds. The second-order valence-electron chi connectivity index (χ2n) is 3.22. The maximum absolute atomic E-state index is 10.5. The van der Waals surface area contributed by atoms with Gasteiger partial charge >= 0.3 is 7.60 Å². The number of hydrogen-bond donors (Lipinski definition) is 2. The van der Waals surface area contributed by atoms with Gasteiger partial charge in [0, 0.05) is 18.1 Å². The lowest BCUT2D eigenvalue weighted by molar-refractivity contribution is 0.275. The van der Waals surface area contributed by atoms with Gasteiger partial charge in [0.1, 0.15) is 5.82 Å². The largest absolute Gasteiger partial charge is 0.346 e. The summed E-state index contributed by atoms with van der Waals surface area (Å²) in [6, 6.07) is 0. The molecular weight excluding hydrogens is 227 g/mol. The summed E-state index contributed by atoms with van der Waals surface area (Å²) in [6.07, 6.45) is 3.11. The van der Waals surface area contributed by atoms with Crippen molar-refractivity contribution in [2.75, 3.05) is 12.8 Å². The Kier molecular flexibility index (Phi) is 7.30. The van der Waals surface area contributed by atoms with Crippen molar-refractivity contribution >= 4 is 7.60 Å². The molecule has 0 fully saturated rings. The van der Waals surface area contributed by atoms with Gasteiger partial charge < -0.3 is 14.4 Å². The van der Waals surface area contributed by atoms with Gasteiger partial charge in [-0.05, 0) is 20.3 Å². The summed E-state index contributed by atoms with van der Waals surface area (Å²) in [5.41, 5.74) is 1.21. The Morgan fingerprint density at radius 1 is 1.50 bits per heavy atom. The van der Waals surface area contributed by atoms with Gasteiger partial charge in [-0.2, -0.15) is 0 Å². The van der Waals surface area contributed by atoms with Crippen LogP contribution in [0.3, 0.4) is 0 Å². The van der Waals surface area contributed by atoms with Crippen LogP contribution < -0.4 is 0 Å². The Hall–Kier alpha value is -0.640. The quantitative estimate of drug-likeness (QED) is 0.803. The van der Waals surface area contributed by atoms with Crippen molar-refractivity contribution in [2.45, 2.75) is 34.1 Å². The van der Waals surface area contributed by atoms with Gasteiger partial charge in [0.05, 0.1) is 6.61 Å². The van der Waals surface area contributed by atoms with Crippen molar-refractivity contribution in [1.29, 1.82) is 0 Å². The third-order valence-electron chi connectivity index (χ3n) is 1.87. The molecule has 0 aliphatic heterocycles. The van der Waals surface area contributed by atoms with Crippen LogP contribution in [0.4, 0.5) is 0 Å². The highest BCUT2D eigenvalue weighted by molar-refractivity contribution is 7.52. The zero-order valence-electron chi connectivity index (χ0n) is 10.4. The monoisotopic (exact) mass is 248 g/mol. The van der Waals surface area contributed by atoms with E-state index in [1.54, 1.807) is 13.8 Å². The number of hydrogen-bond acceptors (Lipinski definition) is 3. The summed E-state index contributed by atoms with van der Waals surface area (Å²) in [5, 5.41) is 0. The number of aryl methyl sites for hydroxylation is 2. The Labute approximate surface area is 96.8 Å². The molecule has 2 N–H and O–H groups in total. The first kappa shape index (κ1) is 15.4. The molecule has 1 unspecified atom stereocenters. The second kappa shape index (κ2) is 7.60. The SMILES string of the molecule is CCOP(=O)(O)CC.CCc1cnc(C)[nH]1. The van der Waals surface area contributed by atoms with Gasteiger partial charge in [0.15, 0.2) is 0 Å². The number of aromatic nitrogens is 2. The Balaban J connectivity index is 0.000000281. The van der Waals surface area contributed by atoms with Crippen molar-refractivity contribution in [3.8, 4) is 0 Å². The Morgan fingerprint density at radius 3 is 2.31 bits per heavy atom. The fourth-order valence-corrected chi connectivity index (χ4v) is 1.53. The predicted molar refractivity (Wildman–Crippen MR) is 64.7 cm³/mol. The first-order valence-corrected chi connectivity index (χ1v) is 7.18. The fraction of sp³-hybridized carbons (Fsp3) is 0.700. The van der Waals surface area contributed by atoms with Crippen LogP contribution in [0.25, 0.3) is 0 Å². The van der Waals surface area contributed by atoms with Crippen molar-refractivity contribution < 1.29 is 14.0 Å². The zero-order valence-corrected chi connectivity index (χ0v) is 11.3. The maximum Gasteiger partial charge on any atom is 0.327 e. The minimum atomic E-state index is -3.17. The lowest BCUT2D eigenvalue weighted by atomic mass is 10.4. The van der Waals surface area contributed by atoms with Crippen LogP contribution in [-0.4, -0.2) is 27.6 Å². The van der Waals surface area contributed by atoms with Gasteiger partial charge in [-0.3, -0.25) is 4.57 Å². The average Bonchev–Trinajstić information content (AvgIpc) is 2.65. The number of H-pyrrole nitrogens is 1. The molecule has 0 aliphatic rings. The Morgan fingerprint density at radius 2 is 2.12 bits per heavy atom. The van der Waals surface area contributed by atoms with Crippen LogP contribution in [-0.2, 0) is 15.5 Å². The zero-order chi connectivity index (χ0) is 12.6. The summed E-state index contributed by atoms with van der Waals surface area (Å²) in [4.78, 5) is 15.8. The molecule has 5 nitrogen and oxygen atoms in total. The molecule has 1 aromatic heterocycles. The summed E-state index contributed by atoms with van der Waals surface area (Å²) in [6.45, 7) is 7.68. The number of imidazole rings is 1. The first-order valence-electron chi connectivity index (χ1n) is 5.42. The molecule has 16 heavy (non-hydrogen) atoms. The van der Waals surface area contributed by atoms with Gasteiger partial charge in [-0.1, -0.05) is 13.8 Å². The highest BCUT2D eigenvalue weighted by Crippen LogP contribution is 2.40. The summed E-state index contributed by atoms with van der Waals surface area (Å²) < 4.78 is 15.0. The van der Waals surface area contributed by atoms with Crippen LogP contribution >= 0.6 is 7.60 Å². The number of nitrogens with one attached hydrogen (secondary N) is 1. The van der Waals surface area contributed by atoms with E-state index in [1.165, 1.54) is 5.69 Å². The minimum Gasteiger partial charge on any atom is -0.346 e. The maximum atomic E-state index is 10.5. The molecule has 0 spiro atoms. The van der Waals surface area contributed by atoms with Crippen LogP contribution in [0.1, 0.15) is 32.3 Å². The molecule has 0 saturated carbocycles. The summed E-state index contributed by atoms with van der Waals surface area (Å²) in [5.74, 6) is 1.00. The van der Waals surface area contributed by atoms with E-state index >= 15 is 0 Å². The molecule has 94 valence electrons. The lowest BCUT2D eigenvalue weighted by Gasteiger charge is -2.05. The smallest absolute Gasteiger partial charge is 0.327 e. The van der Waals surface area contributed by atoms with Crippen LogP contribution in [0, 0.1) is 6.92 Å². The standard InChI is InChI=1S/C6H10N2.C4H11O3P/c1-3-6-4-7-5(2)8-6;1-3-7-8(5,6)4-2/h4H,3H2,1-2H3,(H,7,8);3-4H2,1-2H3,(H,5,6). The molecule has 6 heteroatoms. The Bertz CT molecular complexity index is 339. The average molecular weight is 248 g/mol. The molecule has 1 heterocycles. The van der Waals surface area contributed by atoms with Gasteiger partial charge in [-0.25, -0.2) is 4.98 Å². The van der Waals surface area contributed by atoms with Crippen molar-refractivity contribution in [1.82, 2.24) is 9.97 Å². The number of nitrogens with zero attached hydrogens (tertiary/aromatic N) is 1. The normalized spacial score (nSPS) is 13.8. The molecule has 0 aliphatic carbocycles. The van der Waals surface area contributed by atoms with Crippen LogP contribution in [0.15, 0.2) is 6.20 Å². The topological polar surface area (TPSA) is 75.2 Å². The van der Waals surface area contributed by atoms with E-state index < -0.39 is 7.60 Å². The minimum absolute atomic E-state index is 0.195. The highest BCUT2D eigenvalue weighted by Gasteiger charge is 2.12. The third-order valence-corrected chi connectivity index (χ3v) is 3.33. The first-order chi connectivity index (χ1) is 7.45. The van der Waals surface area contributed by atoms with Crippen LogP contribution in [0.2, 0.25) is 0 Å². The molecule has 1 rings (SSSR count). The van der Waals surface area contributed by atoms with Gasteiger partial charge in [-0.15, -0.1) is 0 Å². The molecule has 0 aromatic carbocycles. The van der Waals surface area contributed by atoms with E-state index in [0.29, 0.717) is 6.61 Å². The van der Waals surface area contributed by atoms with E-state index in [4.69, 9.17) is 4.89 Å². The second-order valence-corrected chi connectivity index (χ2v) is 5.38. The van der Waals surface area contributed by atoms with Crippen LogP contribution in [0.5, 0.6) is 0 Å². The molecule has 1 atom stereocenters. The van der Waals surface area contributed by atoms with E-state index in [0.717, 1.165) is 12.2 Å². The predicted octanol–water partition coefficient (Wildman–Crippen LogP) is 2.51.